The molecule has 8 nitrogen and oxygen atoms in total. The van der Waals surface area contributed by atoms with Gasteiger partial charge in [-0.3, -0.25) is 4.79 Å². The fraction of sp³-hybridized carbons (Fsp3) is 0.765. The van der Waals surface area contributed by atoms with E-state index < -0.39 is 38.8 Å². The van der Waals surface area contributed by atoms with Crippen molar-refractivity contribution in [1.82, 2.24) is 15.2 Å². The summed E-state index contributed by atoms with van der Waals surface area (Å²) in [5.74, 6) is 1.16. The van der Waals surface area contributed by atoms with Crippen molar-refractivity contribution >= 4 is 15.8 Å². The lowest BCUT2D eigenvalue weighted by molar-refractivity contribution is -0.269. The minimum Gasteiger partial charge on any atom is -0.481 e. The number of carboxylic acids is 1. The SMILES string of the molecule is C=C(C)[C@@H]1CC[C@]2(NCCN3CCS(=O)(=O)CC3)CC[C@]3(C)[C@H](CC[C@@]4(C)[C@@]3(C)CC[C@H]3C(C)(C)C(C5=CCC(CCOc6ncccc6C(F)(F)F)(C(=O)O)CC5)=CC[C@@]34C)[C@@H]12. The van der Waals surface area contributed by atoms with Gasteiger partial charge in [-0.2, -0.15) is 13.2 Å². The van der Waals surface area contributed by atoms with Crippen LogP contribution in [-0.2, 0) is 20.8 Å². The largest absolute Gasteiger partial charge is 0.481 e. The average Bonchev–Trinajstić information content (AvgIpc) is 3.60. The number of rotatable bonds is 11. The minimum absolute atomic E-state index is 0.0667. The third kappa shape index (κ3) is 7.39. The van der Waals surface area contributed by atoms with E-state index in [1.165, 1.54) is 73.9 Å². The molecule has 0 spiro atoms. The summed E-state index contributed by atoms with van der Waals surface area (Å²) < 4.78 is 70.5. The zero-order chi connectivity index (χ0) is 45.6. The number of ether oxygens (including phenoxy) is 1. The fourth-order valence-electron chi connectivity index (χ4n) is 16.2. The van der Waals surface area contributed by atoms with Crippen LogP contribution < -0.4 is 10.1 Å². The molecule has 7 aliphatic rings. The van der Waals surface area contributed by atoms with Crippen molar-refractivity contribution in [3.8, 4) is 5.88 Å². The van der Waals surface area contributed by atoms with E-state index in [-0.39, 0.29) is 57.1 Å². The number of nitrogens with one attached hydrogen (secondary N) is 1. The van der Waals surface area contributed by atoms with E-state index in [2.05, 4.69) is 82.4 Å². The molecule has 0 radical (unpaired) electrons. The molecule has 12 heteroatoms. The highest BCUT2D eigenvalue weighted by Crippen LogP contribution is 2.81. The van der Waals surface area contributed by atoms with E-state index in [9.17, 15) is 31.5 Å². The van der Waals surface area contributed by atoms with E-state index >= 15 is 0 Å². The summed E-state index contributed by atoms with van der Waals surface area (Å²) in [5, 5.41) is 14.7. The molecule has 63 heavy (non-hydrogen) atoms. The summed E-state index contributed by atoms with van der Waals surface area (Å²) in [6, 6.07) is 2.15. The Balaban J connectivity index is 1.00. The van der Waals surface area contributed by atoms with Crippen LogP contribution in [-0.4, -0.2) is 79.2 Å². The molecule has 350 valence electrons. The Kier molecular flexibility index (Phi) is 11.9. The molecule has 2 N–H and O–H groups in total. The molecular formula is C51H74F3N3O5S. The standard InChI is InChI=1S/C51H74F3N3O5S/c1-34(2)36-13-22-50(56-27-28-57-29-32-63(60,61)33-30-57)24-23-45(5)38(41(36)50)15-18-48(8)46(6)17-14-37(44(3,4)40(46)16-19-47(45,48)7)35-11-20-49(21-12-35,43(58)59)25-31-62-42-39(51(52,53)54)10-9-26-55-42/h9-11,14,26,36,38,40-41,56H,1,12-13,15-25,27-33H2,2-8H3,(H,58,59)/t36-,38+,40-,41+,45+,46-,47-,48+,49?,50-/m0/s1. The molecule has 1 aliphatic heterocycles. The summed E-state index contributed by atoms with van der Waals surface area (Å²) in [7, 11) is -2.90. The van der Waals surface area contributed by atoms with Crippen molar-refractivity contribution in [1.29, 1.82) is 0 Å². The van der Waals surface area contributed by atoms with Gasteiger partial charge < -0.3 is 20.1 Å². The summed E-state index contributed by atoms with van der Waals surface area (Å²) in [4.78, 5) is 19.0. The third-order valence-corrected chi connectivity index (χ3v) is 21.9. The predicted octanol–water partition coefficient (Wildman–Crippen LogP) is 10.7. The quantitative estimate of drug-likeness (QED) is 0.212. The lowest BCUT2D eigenvalue weighted by atomic mass is 9.28. The molecule has 0 aromatic carbocycles. The number of hydrogen-bond acceptors (Lipinski definition) is 7. The first-order chi connectivity index (χ1) is 29.4. The second kappa shape index (κ2) is 16.0. The number of pyridine rings is 1. The average molecular weight is 898 g/mol. The van der Waals surface area contributed by atoms with Crippen LogP contribution in [0, 0.1) is 56.2 Å². The molecule has 4 saturated carbocycles. The maximum Gasteiger partial charge on any atom is 0.421 e. The van der Waals surface area contributed by atoms with Gasteiger partial charge in [0.25, 0.3) is 0 Å². The molecule has 10 atom stereocenters. The Morgan fingerprint density at radius 1 is 0.952 bits per heavy atom. The number of aliphatic carboxylic acids is 1. The Labute approximate surface area is 375 Å². The van der Waals surface area contributed by atoms with E-state index in [0.29, 0.717) is 56.0 Å². The minimum atomic E-state index is -4.62. The van der Waals surface area contributed by atoms with E-state index in [1.807, 2.05) is 0 Å². The van der Waals surface area contributed by atoms with Gasteiger partial charge in [0.2, 0.25) is 5.88 Å². The van der Waals surface area contributed by atoms with Gasteiger partial charge in [0, 0.05) is 37.9 Å². The Hall–Kier alpha value is -2.70. The van der Waals surface area contributed by atoms with Gasteiger partial charge in [-0.25, -0.2) is 13.4 Å². The first kappa shape index (κ1) is 46.8. The summed E-state index contributed by atoms with van der Waals surface area (Å²) >= 11 is 0. The fourth-order valence-corrected chi connectivity index (χ4v) is 17.4. The Bertz CT molecular complexity index is 2140. The summed E-state index contributed by atoms with van der Waals surface area (Å²) in [5.41, 5.74) is 2.25. The van der Waals surface area contributed by atoms with Crippen molar-refractivity contribution in [2.75, 3.05) is 44.3 Å². The highest BCUT2D eigenvalue weighted by molar-refractivity contribution is 7.91. The van der Waals surface area contributed by atoms with Gasteiger partial charge in [0.15, 0.2) is 9.84 Å². The van der Waals surface area contributed by atoms with Crippen LogP contribution in [0.2, 0.25) is 0 Å². The lowest BCUT2D eigenvalue weighted by Gasteiger charge is -2.77. The molecule has 0 bridgehead atoms. The number of aromatic nitrogens is 1. The van der Waals surface area contributed by atoms with Gasteiger partial charge >= 0.3 is 12.1 Å². The molecule has 6 aliphatic carbocycles. The molecule has 8 rings (SSSR count). The zero-order valence-corrected chi connectivity index (χ0v) is 39.9. The van der Waals surface area contributed by atoms with Gasteiger partial charge in [-0.05, 0) is 164 Å². The van der Waals surface area contributed by atoms with Crippen molar-refractivity contribution in [3.05, 3.63) is 59.3 Å². The highest BCUT2D eigenvalue weighted by atomic mass is 32.2. The van der Waals surface area contributed by atoms with Crippen LogP contribution >= 0.6 is 0 Å². The highest BCUT2D eigenvalue weighted by Gasteiger charge is 2.74. The molecule has 1 saturated heterocycles. The Morgan fingerprint density at radius 3 is 2.30 bits per heavy atom. The molecule has 1 unspecified atom stereocenters. The van der Waals surface area contributed by atoms with Crippen LogP contribution in [0.1, 0.15) is 138 Å². The van der Waals surface area contributed by atoms with E-state index in [1.54, 1.807) is 0 Å². The number of halogens is 3. The maximum atomic E-state index is 13.6. The van der Waals surface area contributed by atoms with Crippen molar-refractivity contribution in [2.24, 2.45) is 56.2 Å². The number of carbonyl (C=O) groups is 1. The topological polar surface area (TPSA) is 109 Å². The summed E-state index contributed by atoms with van der Waals surface area (Å²) in [6.07, 6.45) is 13.2. The second-order valence-corrected chi connectivity index (χ2v) is 25.1. The van der Waals surface area contributed by atoms with Gasteiger partial charge in [-0.15, -0.1) is 0 Å². The van der Waals surface area contributed by atoms with Crippen molar-refractivity contribution in [3.63, 3.8) is 0 Å². The maximum absolute atomic E-state index is 13.6. The van der Waals surface area contributed by atoms with Crippen molar-refractivity contribution < 1.29 is 36.2 Å². The van der Waals surface area contributed by atoms with Crippen LogP contribution in [0.25, 0.3) is 0 Å². The molecular weight excluding hydrogens is 824 g/mol. The molecule has 1 aromatic rings. The lowest BCUT2D eigenvalue weighted by Crippen LogP contribution is -2.71. The van der Waals surface area contributed by atoms with E-state index in [0.717, 1.165) is 32.0 Å². The van der Waals surface area contributed by atoms with Crippen LogP contribution in [0.3, 0.4) is 0 Å². The number of alkyl halides is 3. The Morgan fingerprint density at radius 2 is 1.65 bits per heavy atom. The van der Waals surface area contributed by atoms with Crippen LogP contribution in [0.15, 0.2) is 53.8 Å². The number of nitrogens with zero attached hydrogens (tertiary/aromatic N) is 2. The third-order valence-electron chi connectivity index (χ3n) is 20.3. The first-order valence-corrected chi connectivity index (χ1v) is 25.8. The monoisotopic (exact) mass is 898 g/mol. The predicted molar refractivity (Wildman–Crippen MR) is 242 cm³/mol. The number of hydrogen-bond donors (Lipinski definition) is 2. The van der Waals surface area contributed by atoms with Gasteiger partial charge in [-0.1, -0.05) is 65.8 Å². The van der Waals surface area contributed by atoms with E-state index in [4.69, 9.17) is 4.74 Å². The van der Waals surface area contributed by atoms with Crippen LogP contribution in [0.5, 0.6) is 5.88 Å². The number of fused-ring (bicyclic) bond motifs is 7. The number of allylic oxidation sites excluding steroid dienone is 5. The van der Waals surface area contributed by atoms with Crippen molar-refractivity contribution in [2.45, 2.75) is 144 Å². The number of carboxylic acid groups (broad SMARTS) is 1. The van der Waals surface area contributed by atoms with Gasteiger partial charge in [0.1, 0.15) is 5.56 Å². The molecule has 5 fully saturated rings. The van der Waals surface area contributed by atoms with Crippen LogP contribution in [0.4, 0.5) is 13.2 Å². The number of sulfone groups is 1. The summed E-state index contributed by atoms with van der Waals surface area (Å²) in [6.45, 7) is 25.2. The zero-order valence-electron chi connectivity index (χ0n) is 39.1. The molecule has 1 aromatic heterocycles. The molecule has 2 heterocycles. The smallest absolute Gasteiger partial charge is 0.421 e. The first-order valence-electron chi connectivity index (χ1n) is 24.0. The van der Waals surface area contributed by atoms with Gasteiger partial charge in [0.05, 0.1) is 23.5 Å². The second-order valence-electron chi connectivity index (χ2n) is 22.8. The normalized spacial score (nSPS) is 40.9. The molecule has 0 amide bonds.